The van der Waals surface area contributed by atoms with Crippen LogP contribution in [0.25, 0.3) is 0 Å². The molecule has 0 saturated heterocycles. The van der Waals surface area contributed by atoms with Crippen LogP contribution >= 0.6 is 0 Å². The van der Waals surface area contributed by atoms with Gasteiger partial charge in [-0.25, -0.2) is 0 Å². The average molecular weight is 176 g/mol. The minimum atomic E-state index is 0.466. The van der Waals surface area contributed by atoms with E-state index in [9.17, 15) is 0 Å². The van der Waals surface area contributed by atoms with Gasteiger partial charge in [-0.2, -0.15) is 0 Å². The van der Waals surface area contributed by atoms with Crippen molar-refractivity contribution in [3.05, 3.63) is 36.5 Å². The van der Waals surface area contributed by atoms with Crippen LogP contribution in [0.3, 0.4) is 0 Å². The maximum absolute atomic E-state index is 3.96. The Hall–Kier alpha value is -0.780. The van der Waals surface area contributed by atoms with Gasteiger partial charge in [0, 0.05) is 5.92 Å². The van der Waals surface area contributed by atoms with E-state index < -0.39 is 0 Å². The molecule has 0 heterocycles. The van der Waals surface area contributed by atoms with Crippen LogP contribution in [-0.2, 0) is 0 Å². The first-order valence-electron chi connectivity index (χ1n) is 5.09. The molecule has 0 spiro atoms. The molecule has 0 radical (unpaired) electrons. The molecular weight excluding hydrogens is 156 g/mol. The van der Waals surface area contributed by atoms with Crippen molar-refractivity contribution >= 4 is 0 Å². The SMILES string of the molecule is C=CC(C/C=C(\C)C1CC1)C(=C)C. The third-order valence-electron chi connectivity index (χ3n) is 2.83. The first-order valence-corrected chi connectivity index (χ1v) is 5.09. The molecule has 1 fully saturated rings. The highest BCUT2D eigenvalue weighted by molar-refractivity contribution is 5.13. The van der Waals surface area contributed by atoms with Gasteiger partial charge in [0.2, 0.25) is 0 Å². The van der Waals surface area contributed by atoms with Gasteiger partial charge in [-0.3, -0.25) is 0 Å². The van der Waals surface area contributed by atoms with Crippen LogP contribution in [0.2, 0.25) is 0 Å². The van der Waals surface area contributed by atoms with E-state index in [1.165, 1.54) is 18.4 Å². The molecule has 0 N–H and O–H groups in total. The summed E-state index contributed by atoms with van der Waals surface area (Å²) in [6.07, 6.45) is 8.24. The zero-order valence-electron chi connectivity index (χ0n) is 8.84. The molecular formula is C13H20. The van der Waals surface area contributed by atoms with Gasteiger partial charge in [0.15, 0.2) is 0 Å². The van der Waals surface area contributed by atoms with Crippen molar-refractivity contribution in [2.24, 2.45) is 11.8 Å². The molecule has 0 aliphatic heterocycles. The number of hydrogen-bond acceptors (Lipinski definition) is 0. The standard InChI is InChI=1S/C13H20/c1-5-12(10(2)3)7-6-11(4)13-8-9-13/h5-6,12-13H,1-2,7-9H2,3-4H3/b11-6+. The molecule has 72 valence electrons. The molecule has 1 rings (SSSR count). The van der Waals surface area contributed by atoms with Crippen molar-refractivity contribution < 1.29 is 0 Å². The number of hydrogen-bond donors (Lipinski definition) is 0. The minimum absolute atomic E-state index is 0.466. The van der Waals surface area contributed by atoms with Crippen molar-refractivity contribution in [3.63, 3.8) is 0 Å². The van der Waals surface area contributed by atoms with Crippen molar-refractivity contribution in [2.45, 2.75) is 33.1 Å². The first-order chi connectivity index (χ1) is 6.15. The van der Waals surface area contributed by atoms with E-state index in [0.717, 1.165) is 12.3 Å². The predicted octanol–water partition coefficient (Wildman–Crippen LogP) is 4.11. The molecule has 1 atom stereocenters. The second-order valence-electron chi connectivity index (χ2n) is 4.15. The van der Waals surface area contributed by atoms with Gasteiger partial charge < -0.3 is 0 Å². The maximum atomic E-state index is 3.96. The largest absolute Gasteiger partial charge is 0.102 e. The molecule has 13 heavy (non-hydrogen) atoms. The van der Waals surface area contributed by atoms with Crippen molar-refractivity contribution in [1.82, 2.24) is 0 Å². The maximum Gasteiger partial charge on any atom is 0.000320 e. The highest BCUT2D eigenvalue weighted by Crippen LogP contribution is 2.36. The van der Waals surface area contributed by atoms with Gasteiger partial charge in [-0.1, -0.05) is 29.9 Å². The zero-order valence-corrected chi connectivity index (χ0v) is 8.84. The fourth-order valence-corrected chi connectivity index (χ4v) is 1.52. The minimum Gasteiger partial charge on any atom is -0.102 e. The predicted molar refractivity (Wildman–Crippen MR) is 59.6 cm³/mol. The Morgan fingerprint density at radius 2 is 2.08 bits per heavy atom. The molecule has 1 saturated carbocycles. The van der Waals surface area contributed by atoms with E-state index in [1.807, 2.05) is 6.08 Å². The van der Waals surface area contributed by atoms with E-state index in [-0.39, 0.29) is 0 Å². The second-order valence-corrected chi connectivity index (χ2v) is 4.15. The van der Waals surface area contributed by atoms with Crippen LogP contribution in [0, 0.1) is 11.8 Å². The number of rotatable bonds is 5. The van der Waals surface area contributed by atoms with Crippen LogP contribution in [-0.4, -0.2) is 0 Å². The summed E-state index contributed by atoms with van der Waals surface area (Å²) in [5, 5.41) is 0. The molecule has 0 heteroatoms. The Morgan fingerprint density at radius 1 is 1.46 bits per heavy atom. The summed E-state index contributed by atoms with van der Waals surface area (Å²) in [7, 11) is 0. The molecule has 1 unspecified atom stereocenters. The van der Waals surface area contributed by atoms with Gasteiger partial charge in [0.05, 0.1) is 0 Å². The van der Waals surface area contributed by atoms with Gasteiger partial charge >= 0.3 is 0 Å². The molecule has 0 nitrogen and oxygen atoms in total. The van der Waals surface area contributed by atoms with Crippen LogP contribution in [0.4, 0.5) is 0 Å². The smallest absolute Gasteiger partial charge is 0.000320 e. The van der Waals surface area contributed by atoms with Gasteiger partial charge in [-0.15, -0.1) is 6.58 Å². The zero-order chi connectivity index (χ0) is 9.84. The summed E-state index contributed by atoms with van der Waals surface area (Å²) in [6, 6.07) is 0. The summed E-state index contributed by atoms with van der Waals surface area (Å²) in [5.41, 5.74) is 2.78. The fraction of sp³-hybridized carbons (Fsp3) is 0.538. The molecule has 1 aliphatic rings. The Balaban J connectivity index is 2.41. The molecule has 0 aromatic heterocycles. The molecule has 0 aromatic rings. The molecule has 1 aliphatic carbocycles. The van der Waals surface area contributed by atoms with Crippen LogP contribution < -0.4 is 0 Å². The Kier molecular flexibility index (Phi) is 3.53. The van der Waals surface area contributed by atoms with Crippen LogP contribution in [0.15, 0.2) is 36.5 Å². The van der Waals surface area contributed by atoms with E-state index in [2.05, 4.69) is 33.1 Å². The van der Waals surface area contributed by atoms with Crippen molar-refractivity contribution in [3.8, 4) is 0 Å². The van der Waals surface area contributed by atoms with E-state index in [0.29, 0.717) is 5.92 Å². The lowest BCUT2D eigenvalue weighted by Crippen LogP contribution is -1.95. The van der Waals surface area contributed by atoms with E-state index in [4.69, 9.17) is 0 Å². The molecule has 0 aromatic carbocycles. The average Bonchev–Trinajstić information content (AvgIpc) is 2.86. The first kappa shape index (κ1) is 10.3. The normalized spacial score (nSPS) is 19.7. The van der Waals surface area contributed by atoms with Crippen LogP contribution in [0.1, 0.15) is 33.1 Å². The third kappa shape index (κ3) is 3.22. The monoisotopic (exact) mass is 176 g/mol. The lowest BCUT2D eigenvalue weighted by atomic mass is 9.96. The van der Waals surface area contributed by atoms with E-state index in [1.54, 1.807) is 5.57 Å². The summed E-state index contributed by atoms with van der Waals surface area (Å²) >= 11 is 0. The van der Waals surface area contributed by atoms with Crippen LogP contribution in [0.5, 0.6) is 0 Å². The quantitative estimate of drug-likeness (QED) is 0.553. The lowest BCUT2D eigenvalue weighted by molar-refractivity contribution is 0.769. The van der Waals surface area contributed by atoms with Gasteiger partial charge in [0.1, 0.15) is 0 Å². The molecule has 0 bridgehead atoms. The number of allylic oxidation sites excluding steroid dienone is 4. The summed E-state index contributed by atoms with van der Waals surface area (Å²) in [6.45, 7) is 12.1. The fourth-order valence-electron chi connectivity index (χ4n) is 1.52. The summed E-state index contributed by atoms with van der Waals surface area (Å²) < 4.78 is 0. The summed E-state index contributed by atoms with van der Waals surface area (Å²) in [4.78, 5) is 0. The summed E-state index contributed by atoms with van der Waals surface area (Å²) in [5.74, 6) is 1.37. The van der Waals surface area contributed by atoms with Crippen molar-refractivity contribution in [2.75, 3.05) is 0 Å². The third-order valence-corrected chi connectivity index (χ3v) is 2.83. The lowest BCUT2D eigenvalue weighted by Gasteiger charge is -2.09. The Labute approximate surface area is 82.0 Å². The van der Waals surface area contributed by atoms with Gasteiger partial charge in [0.25, 0.3) is 0 Å². The second kappa shape index (κ2) is 4.45. The topological polar surface area (TPSA) is 0 Å². The van der Waals surface area contributed by atoms with Gasteiger partial charge in [-0.05, 0) is 39.0 Å². The Bertz CT molecular complexity index is 228. The van der Waals surface area contributed by atoms with E-state index >= 15 is 0 Å². The molecule has 0 amide bonds. The highest BCUT2D eigenvalue weighted by atomic mass is 14.3. The van der Waals surface area contributed by atoms with Crippen molar-refractivity contribution in [1.29, 1.82) is 0 Å². The Morgan fingerprint density at radius 3 is 2.46 bits per heavy atom. The highest BCUT2D eigenvalue weighted by Gasteiger charge is 2.22.